The SMILES string of the molecule is Cn1cnc2c(N)nc3nc(Br)sc3c21. The molecule has 0 aromatic carbocycles. The Hall–Kier alpha value is -1.21. The number of rotatable bonds is 0. The Morgan fingerprint density at radius 2 is 2.27 bits per heavy atom. The van der Waals surface area contributed by atoms with Crippen LogP contribution in [0.3, 0.4) is 0 Å². The number of hydrogen-bond donors (Lipinski definition) is 1. The number of nitrogen functional groups attached to an aromatic ring is 1. The molecule has 7 heteroatoms. The molecule has 0 unspecified atom stereocenters. The van der Waals surface area contributed by atoms with Crippen LogP contribution in [0, 0.1) is 0 Å². The van der Waals surface area contributed by atoms with Gasteiger partial charge in [0.05, 0.1) is 11.8 Å². The number of aryl methyl sites for hydroxylation is 1. The second kappa shape index (κ2) is 2.89. The Labute approximate surface area is 97.1 Å². The molecule has 0 aliphatic heterocycles. The molecular formula is C8H6BrN5S. The molecule has 0 aliphatic rings. The highest BCUT2D eigenvalue weighted by atomic mass is 79.9. The van der Waals surface area contributed by atoms with E-state index >= 15 is 0 Å². The van der Waals surface area contributed by atoms with E-state index in [0.717, 1.165) is 19.7 Å². The van der Waals surface area contributed by atoms with E-state index in [9.17, 15) is 0 Å². The van der Waals surface area contributed by atoms with E-state index in [4.69, 9.17) is 5.73 Å². The lowest BCUT2D eigenvalue weighted by Crippen LogP contribution is -1.93. The van der Waals surface area contributed by atoms with Crippen LogP contribution in [0.2, 0.25) is 0 Å². The number of nitrogens with two attached hydrogens (primary N) is 1. The maximum atomic E-state index is 5.81. The van der Waals surface area contributed by atoms with Gasteiger partial charge in [0, 0.05) is 7.05 Å². The van der Waals surface area contributed by atoms with Gasteiger partial charge in [0.1, 0.15) is 10.2 Å². The zero-order valence-electron chi connectivity index (χ0n) is 7.73. The molecule has 0 bridgehead atoms. The molecule has 0 saturated heterocycles. The fraction of sp³-hybridized carbons (Fsp3) is 0.125. The third-order valence-electron chi connectivity index (χ3n) is 2.20. The van der Waals surface area contributed by atoms with Gasteiger partial charge in [-0.15, -0.1) is 11.3 Å². The van der Waals surface area contributed by atoms with E-state index in [0.29, 0.717) is 11.5 Å². The smallest absolute Gasteiger partial charge is 0.176 e. The minimum absolute atomic E-state index is 0.427. The van der Waals surface area contributed by atoms with Crippen molar-refractivity contribution in [3.63, 3.8) is 0 Å². The average molecular weight is 284 g/mol. The molecule has 0 amide bonds. The molecule has 3 rings (SSSR count). The van der Waals surface area contributed by atoms with Crippen LogP contribution in [-0.4, -0.2) is 19.5 Å². The molecular weight excluding hydrogens is 278 g/mol. The minimum Gasteiger partial charge on any atom is -0.382 e. The van der Waals surface area contributed by atoms with Crippen molar-refractivity contribution in [3.8, 4) is 0 Å². The summed E-state index contributed by atoms with van der Waals surface area (Å²) in [6.45, 7) is 0. The van der Waals surface area contributed by atoms with E-state index in [1.807, 2.05) is 11.6 Å². The molecule has 0 radical (unpaired) electrons. The van der Waals surface area contributed by atoms with Gasteiger partial charge in [0.2, 0.25) is 0 Å². The van der Waals surface area contributed by atoms with E-state index in [-0.39, 0.29) is 0 Å². The summed E-state index contributed by atoms with van der Waals surface area (Å²) < 4.78 is 3.74. The van der Waals surface area contributed by atoms with Crippen molar-refractivity contribution in [2.75, 3.05) is 5.73 Å². The van der Waals surface area contributed by atoms with Crippen LogP contribution in [-0.2, 0) is 7.05 Å². The third kappa shape index (κ3) is 1.16. The topological polar surface area (TPSA) is 69.6 Å². The van der Waals surface area contributed by atoms with Crippen molar-refractivity contribution >= 4 is 54.5 Å². The van der Waals surface area contributed by atoms with E-state index in [1.54, 1.807) is 6.33 Å². The number of anilines is 1. The van der Waals surface area contributed by atoms with Gasteiger partial charge < -0.3 is 10.3 Å². The van der Waals surface area contributed by atoms with E-state index in [2.05, 4.69) is 30.9 Å². The minimum atomic E-state index is 0.427. The van der Waals surface area contributed by atoms with Crippen molar-refractivity contribution in [2.45, 2.75) is 0 Å². The van der Waals surface area contributed by atoms with Crippen molar-refractivity contribution in [1.82, 2.24) is 19.5 Å². The molecule has 0 saturated carbocycles. The summed E-state index contributed by atoms with van der Waals surface area (Å²) in [4.78, 5) is 12.7. The molecule has 3 heterocycles. The standard InChI is InChI=1S/C8H6BrN5S/c1-14-2-11-3-4(14)5-7(12-6(3)10)13-8(9)15-5/h2H,1H3,(H2,10,12). The molecule has 3 aromatic heterocycles. The number of nitrogens with zero attached hydrogens (tertiary/aromatic N) is 4. The van der Waals surface area contributed by atoms with Gasteiger partial charge in [-0.25, -0.2) is 15.0 Å². The second-order valence-corrected chi connectivity index (χ2v) is 5.44. The molecule has 0 atom stereocenters. The zero-order valence-corrected chi connectivity index (χ0v) is 10.1. The van der Waals surface area contributed by atoms with Crippen LogP contribution in [0.15, 0.2) is 10.2 Å². The Bertz CT molecular complexity index is 670. The number of halogens is 1. The average Bonchev–Trinajstić information content (AvgIpc) is 2.69. The summed E-state index contributed by atoms with van der Waals surface area (Å²) in [5, 5.41) is 0. The highest BCUT2D eigenvalue weighted by Crippen LogP contribution is 2.32. The molecule has 0 spiro atoms. The van der Waals surface area contributed by atoms with Crippen LogP contribution in [0.4, 0.5) is 5.82 Å². The molecule has 2 N–H and O–H groups in total. The van der Waals surface area contributed by atoms with Gasteiger partial charge in [-0.1, -0.05) is 0 Å². The Balaban J connectivity index is 2.66. The second-order valence-electron chi connectivity index (χ2n) is 3.17. The number of fused-ring (bicyclic) bond motifs is 3. The predicted molar refractivity (Wildman–Crippen MR) is 63.8 cm³/mol. The molecule has 0 fully saturated rings. The van der Waals surface area contributed by atoms with Crippen LogP contribution < -0.4 is 5.73 Å². The zero-order chi connectivity index (χ0) is 10.6. The van der Waals surface area contributed by atoms with Crippen LogP contribution in [0.25, 0.3) is 21.4 Å². The Kier molecular flexibility index (Phi) is 1.74. The van der Waals surface area contributed by atoms with Crippen molar-refractivity contribution in [2.24, 2.45) is 7.05 Å². The number of imidazole rings is 1. The van der Waals surface area contributed by atoms with E-state index < -0.39 is 0 Å². The first kappa shape index (κ1) is 9.05. The maximum absolute atomic E-state index is 5.81. The van der Waals surface area contributed by atoms with Crippen LogP contribution in [0.5, 0.6) is 0 Å². The van der Waals surface area contributed by atoms with Gasteiger partial charge in [0.15, 0.2) is 15.4 Å². The first-order valence-corrected chi connectivity index (χ1v) is 5.80. The number of pyridine rings is 1. The van der Waals surface area contributed by atoms with Gasteiger partial charge >= 0.3 is 0 Å². The summed E-state index contributed by atoms with van der Waals surface area (Å²) in [5.74, 6) is 0.427. The monoisotopic (exact) mass is 283 g/mol. The summed E-state index contributed by atoms with van der Waals surface area (Å²) >= 11 is 4.88. The van der Waals surface area contributed by atoms with Gasteiger partial charge in [-0.05, 0) is 15.9 Å². The van der Waals surface area contributed by atoms with Gasteiger partial charge in [-0.2, -0.15) is 0 Å². The summed E-state index contributed by atoms with van der Waals surface area (Å²) in [5.41, 5.74) is 8.20. The lowest BCUT2D eigenvalue weighted by Gasteiger charge is -1.97. The normalized spacial score (nSPS) is 11.6. The fourth-order valence-corrected chi connectivity index (χ4v) is 3.04. The lowest BCUT2D eigenvalue weighted by atomic mass is 10.3. The lowest BCUT2D eigenvalue weighted by molar-refractivity contribution is 0.951. The largest absolute Gasteiger partial charge is 0.382 e. The summed E-state index contributed by atoms with van der Waals surface area (Å²) in [6.07, 6.45) is 1.73. The van der Waals surface area contributed by atoms with Gasteiger partial charge in [-0.3, -0.25) is 0 Å². The third-order valence-corrected chi connectivity index (χ3v) is 3.71. The molecule has 0 aliphatic carbocycles. The molecule has 76 valence electrons. The molecule has 3 aromatic rings. The predicted octanol–water partition coefficient (Wildman–Crippen LogP) is 1.92. The number of hydrogen-bond acceptors (Lipinski definition) is 5. The highest BCUT2D eigenvalue weighted by Gasteiger charge is 2.13. The summed E-state index contributed by atoms with van der Waals surface area (Å²) in [7, 11) is 1.93. The quantitative estimate of drug-likeness (QED) is 0.684. The van der Waals surface area contributed by atoms with Crippen LogP contribution in [0.1, 0.15) is 0 Å². The van der Waals surface area contributed by atoms with Crippen LogP contribution >= 0.6 is 27.3 Å². The number of aromatic nitrogens is 4. The molecule has 15 heavy (non-hydrogen) atoms. The Morgan fingerprint density at radius 1 is 1.47 bits per heavy atom. The molecule has 5 nitrogen and oxygen atoms in total. The van der Waals surface area contributed by atoms with Crippen molar-refractivity contribution in [1.29, 1.82) is 0 Å². The summed E-state index contributed by atoms with van der Waals surface area (Å²) in [6, 6.07) is 0. The van der Waals surface area contributed by atoms with E-state index in [1.165, 1.54) is 11.3 Å². The first-order chi connectivity index (χ1) is 7.16. The van der Waals surface area contributed by atoms with Gasteiger partial charge in [0.25, 0.3) is 0 Å². The highest BCUT2D eigenvalue weighted by molar-refractivity contribution is 9.11. The number of thiazole rings is 1. The first-order valence-electron chi connectivity index (χ1n) is 4.19. The van der Waals surface area contributed by atoms with Crippen molar-refractivity contribution in [3.05, 3.63) is 10.2 Å². The fourth-order valence-electron chi connectivity index (χ4n) is 1.57. The maximum Gasteiger partial charge on any atom is 0.176 e. The Morgan fingerprint density at radius 3 is 3.07 bits per heavy atom. The van der Waals surface area contributed by atoms with Crippen molar-refractivity contribution < 1.29 is 0 Å².